The van der Waals surface area contributed by atoms with Crippen LogP contribution < -0.4 is 0 Å². The van der Waals surface area contributed by atoms with E-state index >= 15 is 0 Å². The lowest BCUT2D eigenvalue weighted by Gasteiger charge is -2.19. The van der Waals surface area contributed by atoms with Crippen LogP contribution in [-0.4, -0.2) is 0 Å². The average molecular weight is 228 g/mol. The van der Waals surface area contributed by atoms with E-state index in [-0.39, 0.29) is 29.6 Å². The van der Waals surface area contributed by atoms with Gasteiger partial charge >= 0.3 is 0 Å². The second-order valence-electron chi connectivity index (χ2n) is 5.33. The van der Waals surface area contributed by atoms with E-state index in [2.05, 4.69) is 20.8 Å². The molecule has 0 atom stereocenters. The summed E-state index contributed by atoms with van der Waals surface area (Å²) < 4.78 is 31.9. The number of hydrogen-bond acceptors (Lipinski definition) is 0. The first-order valence-corrected chi connectivity index (χ1v) is 5.82. The van der Waals surface area contributed by atoms with Gasteiger partial charge in [0.05, 0.1) is 5.48 Å². The maximum atomic E-state index is 8.16. The van der Waals surface area contributed by atoms with E-state index in [1.165, 1.54) is 5.56 Å². The first-order chi connectivity index (χ1) is 9.64. The Bertz CT molecular complexity index is 650. The first kappa shape index (κ1) is 7.71. The average Bonchev–Trinajstić information content (AvgIpc) is 2.43. The highest BCUT2D eigenvalue weighted by Gasteiger charge is 2.12. The maximum Gasteiger partial charge on any atom is 0.0632 e. The SMILES string of the molecule is [2H]c1c([2H])c(C)c([2H])c(-c2ccc(C(C)(C)C)cc2)c1[2H]. The van der Waals surface area contributed by atoms with Crippen molar-refractivity contribution in [3.05, 3.63) is 59.6 Å². The fourth-order valence-electron chi connectivity index (χ4n) is 1.72. The van der Waals surface area contributed by atoms with Crippen molar-refractivity contribution in [3.63, 3.8) is 0 Å². The van der Waals surface area contributed by atoms with Crippen LogP contribution in [0, 0.1) is 6.92 Å². The predicted molar refractivity (Wildman–Crippen MR) is 75.3 cm³/mol. The number of benzene rings is 2. The van der Waals surface area contributed by atoms with Crippen LogP contribution in [0.5, 0.6) is 0 Å². The van der Waals surface area contributed by atoms with E-state index in [1.807, 2.05) is 24.3 Å². The maximum absolute atomic E-state index is 8.16. The minimum absolute atomic E-state index is 0.0277. The second kappa shape index (κ2) is 4.37. The second-order valence-corrected chi connectivity index (χ2v) is 5.33. The van der Waals surface area contributed by atoms with Crippen LogP contribution in [0.1, 0.15) is 37.4 Å². The fourth-order valence-corrected chi connectivity index (χ4v) is 1.72. The number of rotatable bonds is 1. The highest BCUT2D eigenvalue weighted by atomic mass is 14.2. The van der Waals surface area contributed by atoms with Crippen molar-refractivity contribution < 1.29 is 5.48 Å². The van der Waals surface area contributed by atoms with Gasteiger partial charge in [-0.15, -0.1) is 0 Å². The summed E-state index contributed by atoms with van der Waals surface area (Å²) in [6, 6.07) is 7.79. The monoisotopic (exact) mass is 228 g/mol. The van der Waals surface area contributed by atoms with Gasteiger partial charge in [0, 0.05) is 0 Å². The normalized spacial score (nSPS) is 14.8. The van der Waals surface area contributed by atoms with Crippen molar-refractivity contribution >= 4 is 0 Å². The van der Waals surface area contributed by atoms with Crippen molar-refractivity contribution in [2.75, 3.05) is 0 Å². The molecule has 0 saturated carbocycles. The standard InChI is InChI=1S/C17H20/c1-13-6-5-7-15(12-13)14-8-10-16(11-9-14)17(2,3)4/h5-12H,1-4H3/i5D,6D,7D,12D. The van der Waals surface area contributed by atoms with Crippen molar-refractivity contribution in [1.82, 2.24) is 0 Å². The Hall–Kier alpha value is -1.56. The summed E-state index contributed by atoms with van der Waals surface area (Å²) in [5, 5.41) is 0. The molecule has 0 amide bonds. The molecule has 0 N–H and O–H groups in total. The molecule has 0 aromatic heterocycles. The van der Waals surface area contributed by atoms with Crippen LogP contribution in [0.4, 0.5) is 0 Å². The van der Waals surface area contributed by atoms with E-state index in [4.69, 9.17) is 5.48 Å². The summed E-state index contributed by atoms with van der Waals surface area (Å²) in [7, 11) is 0. The van der Waals surface area contributed by atoms with Crippen LogP contribution in [0.3, 0.4) is 0 Å². The third kappa shape index (κ3) is 2.76. The molecule has 0 fully saturated rings. The van der Waals surface area contributed by atoms with E-state index < -0.39 is 0 Å². The van der Waals surface area contributed by atoms with Gasteiger partial charge in [0.15, 0.2) is 0 Å². The zero-order valence-electron chi connectivity index (χ0n) is 14.8. The molecule has 2 rings (SSSR count). The molecule has 2 aromatic rings. The van der Waals surface area contributed by atoms with Crippen LogP contribution in [0.25, 0.3) is 11.1 Å². The van der Waals surface area contributed by atoms with Crippen molar-refractivity contribution in [3.8, 4) is 11.1 Å². The van der Waals surface area contributed by atoms with E-state index in [1.54, 1.807) is 6.92 Å². The Kier molecular flexibility index (Phi) is 1.98. The molecule has 0 unspecified atom stereocenters. The van der Waals surface area contributed by atoms with Gasteiger partial charge in [0.2, 0.25) is 0 Å². The Balaban J connectivity index is 2.63. The first-order valence-electron chi connectivity index (χ1n) is 7.82. The molecule has 17 heavy (non-hydrogen) atoms. The van der Waals surface area contributed by atoms with Gasteiger partial charge in [0.25, 0.3) is 0 Å². The third-order valence-electron chi connectivity index (χ3n) is 2.79. The Morgan fingerprint density at radius 2 is 1.59 bits per heavy atom. The molecular weight excluding hydrogens is 204 g/mol. The summed E-state index contributed by atoms with van der Waals surface area (Å²) in [6.45, 7) is 8.06. The zero-order valence-corrected chi connectivity index (χ0v) is 10.8. The summed E-state index contributed by atoms with van der Waals surface area (Å²) in [6.07, 6.45) is 0. The molecule has 0 aliphatic rings. The van der Waals surface area contributed by atoms with Gasteiger partial charge in [-0.25, -0.2) is 0 Å². The summed E-state index contributed by atoms with van der Waals surface area (Å²) in [4.78, 5) is 0. The predicted octanol–water partition coefficient (Wildman–Crippen LogP) is 4.96. The smallest absolute Gasteiger partial charge is 0.0614 e. The lowest BCUT2D eigenvalue weighted by atomic mass is 9.86. The van der Waals surface area contributed by atoms with Gasteiger partial charge in [-0.05, 0) is 29.0 Å². The van der Waals surface area contributed by atoms with Gasteiger partial charge in [0.1, 0.15) is 0 Å². The van der Waals surface area contributed by atoms with Gasteiger partial charge < -0.3 is 0 Å². The molecule has 0 aliphatic heterocycles. The Morgan fingerprint density at radius 1 is 0.941 bits per heavy atom. The van der Waals surface area contributed by atoms with Crippen LogP contribution in [0.15, 0.2) is 48.4 Å². The van der Waals surface area contributed by atoms with Crippen molar-refractivity contribution in [1.29, 1.82) is 0 Å². The van der Waals surface area contributed by atoms with E-state index in [9.17, 15) is 0 Å². The van der Waals surface area contributed by atoms with Crippen LogP contribution in [-0.2, 0) is 5.41 Å². The minimum atomic E-state index is -0.113. The Labute approximate surface area is 110 Å². The summed E-state index contributed by atoms with van der Waals surface area (Å²) >= 11 is 0. The third-order valence-corrected chi connectivity index (χ3v) is 2.79. The van der Waals surface area contributed by atoms with Gasteiger partial charge in [-0.3, -0.25) is 0 Å². The molecule has 0 spiro atoms. The van der Waals surface area contributed by atoms with Crippen LogP contribution >= 0.6 is 0 Å². The molecule has 2 aromatic carbocycles. The van der Waals surface area contributed by atoms with Gasteiger partial charge in [-0.1, -0.05) is 74.8 Å². The molecule has 0 aliphatic carbocycles. The summed E-state index contributed by atoms with van der Waals surface area (Å²) in [5.74, 6) is 0. The lowest BCUT2D eigenvalue weighted by Crippen LogP contribution is -2.10. The molecular formula is C17H20. The molecule has 0 heteroatoms. The van der Waals surface area contributed by atoms with Crippen molar-refractivity contribution in [2.24, 2.45) is 0 Å². The quantitative estimate of drug-likeness (QED) is 0.647. The Morgan fingerprint density at radius 3 is 2.18 bits per heavy atom. The molecule has 0 bridgehead atoms. The fraction of sp³-hybridized carbons (Fsp3) is 0.294. The molecule has 0 saturated heterocycles. The molecule has 0 heterocycles. The van der Waals surface area contributed by atoms with E-state index in [0.717, 1.165) is 5.56 Å². The zero-order chi connectivity index (χ0) is 15.9. The van der Waals surface area contributed by atoms with Gasteiger partial charge in [-0.2, -0.15) is 0 Å². The molecule has 88 valence electrons. The highest BCUT2D eigenvalue weighted by Crippen LogP contribution is 2.26. The van der Waals surface area contributed by atoms with Crippen molar-refractivity contribution in [2.45, 2.75) is 33.1 Å². The number of hydrogen-bond donors (Lipinski definition) is 0. The van der Waals surface area contributed by atoms with E-state index in [0.29, 0.717) is 11.1 Å². The molecule has 0 nitrogen and oxygen atoms in total. The summed E-state index contributed by atoms with van der Waals surface area (Å²) in [5.41, 5.74) is 2.88. The highest BCUT2D eigenvalue weighted by molar-refractivity contribution is 5.64. The minimum Gasteiger partial charge on any atom is -0.0614 e. The lowest BCUT2D eigenvalue weighted by molar-refractivity contribution is 0.590. The largest absolute Gasteiger partial charge is 0.0632 e. The van der Waals surface area contributed by atoms with Crippen LogP contribution in [0.2, 0.25) is 0 Å². The topological polar surface area (TPSA) is 0 Å². The molecule has 0 radical (unpaired) electrons.